The zero-order valence-electron chi connectivity index (χ0n) is 17.8. The highest BCUT2D eigenvalue weighted by Crippen LogP contribution is 2.30. The third-order valence-corrected chi connectivity index (χ3v) is 6.43. The fourth-order valence-electron chi connectivity index (χ4n) is 4.28. The molecule has 2 N–H and O–H groups in total. The van der Waals surface area contributed by atoms with Gasteiger partial charge in [-0.25, -0.2) is 0 Å². The molecule has 0 saturated carbocycles. The largest absolute Gasteiger partial charge is 0.492 e. The molecule has 0 spiro atoms. The third kappa shape index (κ3) is 5.41. The van der Waals surface area contributed by atoms with Crippen molar-refractivity contribution in [1.29, 1.82) is 0 Å². The van der Waals surface area contributed by atoms with Crippen molar-refractivity contribution in [1.82, 2.24) is 9.80 Å². The Bertz CT molecular complexity index is 880. The maximum absolute atomic E-state index is 13.3. The summed E-state index contributed by atoms with van der Waals surface area (Å²) in [6.45, 7) is 4.52. The van der Waals surface area contributed by atoms with E-state index in [1.807, 2.05) is 41.3 Å². The van der Waals surface area contributed by atoms with E-state index in [9.17, 15) is 4.79 Å². The zero-order chi connectivity index (χ0) is 21.6. The summed E-state index contributed by atoms with van der Waals surface area (Å²) in [5.41, 5.74) is 9.10. The van der Waals surface area contributed by atoms with E-state index in [0.29, 0.717) is 44.2 Å². The smallest absolute Gasteiger partial charge is 0.257 e. The van der Waals surface area contributed by atoms with Crippen LogP contribution in [0.2, 0.25) is 0 Å². The molecule has 1 amide bonds. The highest BCUT2D eigenvalue weighted by Gasteiger charge is 2.32. The van der Waals surface area contributed by atoms with Crippen molar-refractivity contribution in [2.24, 2.45) is 5.73 Å². The number of rotatable bonds is 8. The van der Waals surface area contributed by atoms with Crippen LogP contribution in [0.3, 0.4) is 0 Å². The molecule has 2 aliphatic rings. The SMILES string of the molecule is N[C@@H](CS)CN1CCN(C(=O)c2cccc3c2OCC3)C[C@H]1COCc1ccccc1. The minimum absolute atomic E-state index is 0.00648. The number of carbonyl (C=O) groups is 1. The first-order valence-corrected chi connectivity index (χ1v) is 11.5. The van der Waals surface area contributed by atoms with Gasteiger partial charge in [0.15, 0.2) is 0 Å². The molecule has 2 aromatic rings. The fraction of sp³-hybridized carbons (Fsp3) is 0.458. The lowest BCUT2D eigenvalue weighted by molar-refractivity contribution is 0.00453. The summed E-state index contributed by atoms with van der Waals surface area (Å²) in [5, 5.41) is 0. The number of benzene rings is 2. The quantitative estimate of drug-likeness (QED) is 0.615. The number of nitrogens with two attached hydrogens (primary N) is 1. The van der Waals surface area contributed by atoms with Crippen molar-refractivity contribution in [3.8, 4) is 5.75 Å². The van der Waals surface area contributed by atoms with Crippen LogP contribution in [0.15, 0.2) is 48.5 Å². The molecule has 0 aromatic heterocycles. The number of para-hydroxylation sites is 1. The predicted molar refractivity (Wildman–Crippen MR) is 125 cm³/mol. The van der Waals surface area contributed by atoms with Crippen molar-refractivity contribution in [3.63, 3.8) is 0 Å². The number of ether oxygens (including phenoxy) is 2. The van der Waals surface area contributed by atoms with Crippen molar-refractivity contribution >= 4 is 18.5 Å². The number of thiol groups is 1. The summed E-state index contributed by atoms with van der Waals surface area (Å²) >= 11 is 4.34. The Morgan fingerprint density at radius 3 is 2.84 bits per heavy atom. The average molecular weight is 442 g/mol. The minimum atomic E-state index is -0.00648. The van der Waals surface area contributed by atoms with Crippen molar-refractivity contribution in [3.05, 3.63) is 65.2 Å². The van der Waals surface area contributed by atoms with Crippen LogP contribution in [0.4, 0.5) is 0 Å². The van der Waals surface area contributed by atoms with Crippen molar-refractivity contribution < 1.29 is 14.3 Å². The van der Waals surface area contributed by atoms with E-state index in [-0.39, 0.29) is 18.0 Å². The molecule has 7 heteroatoms. The molecule has 2 aromatic carbocycles. The second-order valence-corrected chi connectivity index (χ2v) is 8.60. The van der Waals surface area contributed by atoms with Gasteiger partial charge in [-0.2, -0.15) is 12.6 Å². The van der Waals surface area contributed by atoms with E-state index >= 15 is 0 Å². The van der Waals surface area contributed by atoms with E-state index in [1.165, 1.54) is 0 Å². The van der Waals surface area contributed by atoms with Gasteiger partial charge >= 0.3 is 0 Å². The molecule has 4 rings (SSSR count). The summed E-state index contributed by atoms with van der Waals surface area (Å²) in [7, 11) is 0. The highest BCUT2D eigenvalue weighted by molar-refractivity contribution is 7.80. The van der Waals surface area contributed by atoms with Crippen LogP contribution in [0.1, 0.15) is 21.5 Å². The average Bonchev–Trinajstić information content (AvgIpc) is 3.29. The molecule has 1 fully saturated rings. The standard InChI is InChI=1S/C24H31N3O3S/c25-20(17-31)13-26-10-11-27(14-21(26)16-29-15-18-5-2-1-3-6-18)24(28)22-8-4-7-19-9-12-30-23(19)22/h1-8,20-21,31H,9-17,25H2/t20-,21+/m1/s1. The van der Waals surface area contributed by atoms with Crippen LogP contribution in [0, 0.1) is 0 Å². The number of hydrogen-bond acceptors (Lipinski definition) is 6. The molecule has 0 unspecified atom stereocenters. The van der Waals surface area contributed by atoms with Crippen LogP contribution >= 0.6 is 12.6 Å². The Kier molecular flexibility index (Phi) is 7.50. The van der Waals surface area contributed by atoms with Gasteiger partial charge in [0.05, 0.1) is 31.4 Å². The topological polar surface area (TPSA) is 68.0 Å². The van der Waals surface area contributed by atoms with Crippen molar-refractivity contribution in [2.75, 3.05) is 45.1 Å². The molecule has 6 nitrogen and oxygen atoms in total. The Morgan fingerprint density at radius 2 is 2.03 bits per heavy atom. The van der Waals surface area contributed by atoms with Gasteiger partial charge in [0, 0.05) is 44.4 Å². The molecule has 2 aliphatic heterocycles. The lowest BCUT2D eigenvalue weighted by atomic mass is 10.1. The van der Waals surface area contributed by atoms with Crippen LogP contribution in [-0.4, -0.2) is 72.9 Å². The Balaban J connectivity index is 1.43. The van der Waals surface area contributed by atoms with Gasteiger partial charge in [-0.15, -0.1) is 0 Å². The number of amides is 1. The highest BCUT2D eigenvalue weighted by atomic mass is 32.1. The minimum Gasteiger partial charge on any atom is -0.492 e. The van der Waals surface area contributed by atoms with Crippen LogP contribution in [0.5, 0.6) is 5.75 Å². The van der Waals surface area contributed by atoms with Crippen LogP contribution < -0.4 is 10.5 Å². The third-order valence-electron chi connectivity index (χ3n) is 5.96. The van der Waals surface area contributed by atoms with Gasteiger partial charge < -0.3 is 20.1 Å². The predicted octanol–water partition coefficient (Wildman–Crippen LogP) is 2.22. The zero-order valence-corrected chi connectivity index (χ0v) is 18.7. The van der Waals surface area contributed by atoms with E-state index in [2.05, 4.69) is 29.7 Å². The molecular formula is C24H31N3O3S. The maximum Gasteiger partial charge on any atom is 0.257 e. The van der Waals surface area contributed by atoms with Crippen molar-refractivity contribution in [2.45, 2.75) is 25.1 Å². The molecule has 2 heterocycles. The van der Waals surface area contributed by atoms with E-state index in [4.69, 9.17) is 15.2 Å². The monoisotopic (exact) mass is 441 g/mol. The molecular weight excluding hydrogens is 410 g/mol. The fourth-order valence-corrected chi connectivity index (χ4v) is 4.39. The van der Waals surface area contributed by atoms with Gasteiger partial charge in [0.2, 0.25) is 0 Å². The number of nitrogens with zero attached hydrogens (tertiary/aromatic N) is 2. The summed E-state index contributed by atoms with van der Waals surface area (Å²) in [4.78, 5) is 17.6. The first kappa shape index (κ1) is 22.1. The van der Waals surface area contributed by atoms with Gasteiger partial charge in [-0.05, 0) is 17.2 Å². The molecule has 0 radical (unpaired) electrons. The van der Waals surface area contributed by atoms with Gasteiger partial charge in [-0.1, -0.05) is 42.5 Å². The number of piperazine rings is 1. The van der Waals surface area contributed by atoms with E-state index < -0.39 is 0 Å². The lowest BCUT2D eigenvalue weighted by Crippen LogP contribution is -2.58. The van der Waals surface area contributed by atoms with E-state index in [1.54, 1.807) is 0 Å². The van der Waals surface area contributed by atoms with Gasteiger partial charge in [0.1, 0.15) is 5.75 Å². The Hall–Kier alpha value is -2.06. The number of hydrogen-bond donors (Lipinski definition) is 2. The number of carbonyl (C=O) groups excluding carboxylic acids is 1. The van der Waals surface area contributed by atoms with Crippen LogP contribution in [0.25, 0.3) is 0 Å². The molecule has 0 bridgehead atoms. The molecule has 0 aliphatic carbocycles. The molecule has 31 heavy (non-hydrogen) atoms. The summed E-state index contributed by atoms with van der Waals surface area (Å²) in [5.74, 6) is 1.42. The van der Waals surface area contributed by atoms with Crippen LogP contribution in [-0.2, 0) is 17.8 Å². The maximum atomic E-state index is 13.3. The summed E-state index contributed by atoms with van der Waals surface area (Å²) < 4.78 is 11.8. The first-order valence-electron chi connectivity index (χ1n) is 10.9. The molecule has 166 valence electrons. The van der Waals surface area contributed by atoms with Gasteiger partial charge in [-0.3, -0.25) is 9.69 Å². The molecule has 1 saturated heterocycles. The molecule has 2 atom stereocenters. The summed E-state index contributed by atoms with van der Waals surface area (Å²) in [6.07, 6.45) is 0.863. The Labute approximate surface area is 189 Å². The Morgan fingerprint density at radius 1 is 1.19 bits per heavy atom. The lowest BCUT2D eigenvalue weighted by Gasteiger charge is -2.42. The first-order chi connectivity index (χ1) is 15.2. The second kappa shape index (κ2) is 10.5. The number of fused-ring (bicyclic) bond motifs is 1. The second-order valence-electron chi connectivity index (χ2n) is 8.24. The summed E-state index contributed by atoms with van der Waals surface area (Å²) in [6, 6.07) is 16.1. The van der Waals surface area contributed by atoms with Gasteiger partial charge in [0.25, 0.3) is 5.91 Å². The van der Waals surface area contributed by atoms with E-state index in [0.717, 1.165) is 36.4 Å². The normalized spacial score (nSPS) is 19.7.